The molecule has 0 saturated heterocycles. The second kappa shape index (κ2) is 4.95. The van der Waals surface area contributed by atoms with Gasteiger partial charge in [-0.2, -0.15) is 0 Å². The average Bonchev–Trinajstić information content (AvgIpc) is 2.16. The summed E-state index contributed by atoms with van der Waals surface area (Å²) in [7, 11) is 0. The summed E-state index contributed by atoms with van der Waals surface area (Å²) in [5, 5.41) is 10.9. The first-order valence-corrected chi connectivity index (χ1v) is 4.70. The summed E-state index contributed by atoms with van der Waals surface area (Å²) in [6, 6.07) is -0.900. The number of amides is 1. The van der Waals surface area contributed by atoms with E-state index in [1.54, 1.807) is 13.8 Å². The summed E-state index contributed by atoms with van der Waals surface area (Å²) < 4.78 is 0. The van der Waals surface area contributed by atoms with E-state index in [0.717, 1.165) is 0 Å². The Bertz CT molecular complexity index is 224. The van der Waals surface area contributed by atoms with Gasteiger partial charge in [0.2, 0.25) is 5.91 Å². The second-order valence-electron chi connectivity index (χ2n) is 3.40. The van der Waals surface area contributed by atoms with Crippen LogP contribution in [-0.4, -0.2) is 28.6 Å². The minimum atomic E-state index is -1.06. The van der Waals surface area contributed by atoms with Crippen molar-refractivity contribution in [1.29, 1.82) is 0 Å². The van der Waals surface area contributed by atoms with Crippen LogP contribution in [0.1, 0.15) is 33.6 Å². The normalized spacial score (nSPS) is 13.4. The maximum Gasteiger partial charge on any atom is 0.325 e. The Morgan fingerprint density at radius 1 is 1.43 bits per heavy atom. The molecule has 0 fully saturated rings. The summed E-state index contributed by atoms with van der Waals surface area (Å²) in [6.07, 6.45) is 0.976. The Balaban J connectivity index is 4.40. The van der Waals surface area contributed by atoms with Gasteiger partial charge in [0.1, 0.15) is 6.04 Å². The van der Waals surface area contributed by atoms with E-state index in [4.69, 9.17) is 10.8 Å². The van der Waals surface area contributed by atoms with E-state index < -0.39 is 23.5 Å². The quantitative estimate of drug-likeness (QED) is 0.589. The average molecular weight is 202 g/mol. The molecule has 0 spiro atoms. The van der Waals surface area contributed by atoms with Gasteiger partial charge in [-0.1, -0.05) is 13.8 Å². The van der Waals surface area contributed by atoms with Gasteiger partial charge in [0.05, 0.1) is 5.54 Å². The van der Waals surface area contributed by atoms with Gasteiger partial charge in [-0.25, -0.2) is 0 Å². The number of carbonyl (C=O) groups excluding carboxylic acids is 1. The van der Waals surface area contributed by atoms with Crippen molar-refractivity contribution in [3.63, 3.8) is 0 Å². The standard InChI is InChI=1S/C9H18N2O3/c1-4-9(10,5-2)8(14)11-6(3)7(12)13/h6H,4-5,10H2,1-3H3,(H,11,14)(H,12,13)/t6-/m1/s1. The number of hydrogen-bond donors (Lipinski definition) is 3. The number of rotatable bonds is 5. The number of carboxylic acid groups (broad SMARTS) is 1. The molecular weight excluding hydrogens is 184 g/mol. The lowest BCUT2D eigenvalue weighted by Crippen LogP contribution is -2.56. The van der Waals surface area contributed by atoms with Crippen molar-refractivity contribution in [3.05, 3.63) is 0 Å². The fraction of sp³-hybridized carbons (Fsp3) is 0.778. The molecule has 82 valence electrons. The monoisotopic (exact) mass is 202 g/mol. The van der Waals surface area contributed by atoms with Crippen molar-refractivity contribution in [2.24, 2.45) is 5.73 Å². The van der Waals surface area contributed by atoms with Gasteiger partial charge in [-0.3, -0.25) is 9.59 Å². The second-order valence-corrected chi connectivity index (χ2v) is 3.40. The molecule has 0 rings (SSSR count). The lowest BCUT2D eigenvalue weighted by atomic mass is 9.93. The third kappa shape index (κ3) is 2.99. The Hall–Kier alpha value is -1.10. The Labute approximate surface area is 83.7 Å². The molecule has 1 amide bonds. The molecule has 4 N–H and O–H groups in total. The van der Waals surface area contributed by atoms with E-state index in [9.17, 15) is 9.59 Å². The summed E-state index contributed by atoms with van der Waals surface area (Å²) in [4.78, 5) is 22.0. The number of carboxylic acids is 1. The molecule has 0 aromatic carbocycles. The van der Waals surface area contributed by atoms with Crippen molar-refractivity contribution in [1.82, 2.24) is 5.32 Å². The van der Waals surface area contributed by atoms with Crippen LogP contribution in [-0.2, 0) is 9.59 Å². The summed E-state index contributed by atoms with van der Waals surface area (Å²) in [6.45, 7) is 5.01. The molecule has 1 atom stereocenters. The minimum Gasteiger partial charge on any atom is -0.480 e. The zero-order chi connectivity index (χ0) is 11.4. The van der Waals surface area contributed by atoms with Crippen LogP contribution in [0.2, 0.25) is 0 Å². The molecule has 0 unspecified atom stereocenters. The lowest BCUT2D eigenvalue weighted by molar-refractivity contribution is -0.142. The van der Waals surface area contributed by atoms with Crippen LogP contribution < -0.4 is 11.1 Å². The van der Waals surface area contributed by atoms with Crippen LogP contribution in [0, 0.1) is 0 Å². The molecule has 0 aliphatic rings. The van der Waals surface area contributed by atoms with Gasteiger partial charge in [-0.05, 0) is 19.8 Å². The fourth-order valence-electron chi connectivity index (χ4n) is 0.973. The summed E-state index contributed by atoms with van der Waals surface area (Å²) >= 11 is 0. The molecule has 0 bridgehead atoms. The first kappa shape index (κ1) is 12.9. The highest BCUT2D eigenvalue weighted by Gasteiger charge is 2.31. The predicted octanol–water partition coefficient (Wildman–Crippen LogP) is 0.0932. The Kier molecular flexibility index (Phi) is 4.56. The van der Waals surface area contributed by atoms with Crippen molar-refractivity contribution in [2.75, 3.05) is 0 Å². The van der Waals surface area contributed by atoms with E-state index in [2.05, 4.69) is 5.32 Å². The molecule has 0 saturated carbocycles. The maximum atomic E-state index is 11.5. The van der Waals surface area contributed by atoms with Gasteiger partial charge in [0, 0.05) is 0 Å². The van der Waals surface area contributed by atoms with Crippen LogP contribution in [0.15, 0.2) is 0 Å². The lowest BCUT2D eigenvalue weighted by Gasteiger charge is -2.26. The topological polar surface area (TPSA) is 92.4 Å². The van der Waals surface area contributed by atoms with Crippen LogP contribution in [0.5, 0.6) is 0 Å². The number of nitrogens with two attached hydrogens (primary N) is 1. The van der Waals surface area contributed by atoms with E-state index in [1.807, 2.05) is 0 Å². The number of aliphatic carboxylic acids is 1. The molecular formula is C9H18N2O3. The molecule has 0 aliphatic heterocycles. The van der Waals surface area contributed by atoms with Gasteiger partial charge >= 0.3 is 5.97 Å². The fourth-order valence-corrected chi connectivity index (χ4v) is 0.973. The van der Waals surface area contributed by atoms with Crippen LogP contribution >= 0.6 is 0 Å². The maximum absolute atomic E-state index is 11.5. The molecule has 0 radical (unpaired) electrons. The first-order valence-electron chi connectivity index (χ1n) is 4.70. The highest BCUT2D eigenvalue weighted by atomic mass is 16.4. The van der Waals surface area contributed by atoms with Crippen molar-refractivity contribution >= 4 is 11.9 Å². The van der Waals surface area contributed by atoms with Crippen molar-refractivity contribution in [2.45, 2.75) is 45.2 Å². The van der Waals surface area contributed by atoms with Gasteiger partial charge in [0.25, 0.3) is 0 Å². The Morgan fingerprint density at radius 2 is 1.86 bits per heavy atom. The van der Waals surface area contributed by atoms with Crippen LogP contribution in [0.25, 0.3) is 0 Å². The SMILES string of the molecule is CCC(N)(CC)C(=O)N[C@H](C)C(=O)O. The van der Waals surface area contributed by atoms with Gasteiger partial charge in [0.15, 0.2) is 0 Å². The predicted molar refractivity (Wildman–Crippen MR) is 52.7 cm³/mol. The van der Waals surface area contributed by atoms with E-state index in [-0.39, 0.29) is 0 Å². The minimum absolute atomic E-state index is 0.405. The molecule has 0 aromatic heterocycles. The van der Waals surface area contributed by atoms with E-state index in [0.29, 0.717) is 12.8 Å². The van der Waals surface area contributed by atoms with Crippen LogP contribution in [0.3, 0.4) is 0 Å². The largest absolute Gasteiger partial charge is 0.480 e. The highest BCUT2D eigenvalue weighted by Crippen LogP contribution is 2.11. The zero-order valence-electron chi connectivity index (χ0n) is 8.83. The molecule has 0 heterocycles. The van der Waals surface area contributed by atoms with Gasteiger partial charge in [-0.15, -0.1) is 0 Å². The van der Waals surface area contributed by atoms with E-state index >= 15 is 0 Å². The van der Waals surface area contributed by atoms with Gasteiger partial charge < -0.3 is 16.2 Å². The van der Waals surface area contributed by atoms with Crippen molar-refractivity contribution < 1.29 is 14.7 Å². The molecule has 5 heteroatoms. The molecule has 5 nitrogen and oxygen atoms in total. The summed E-state index contributed by atoms with van der Waals surface area (Å²) in [5.41, 5.74) is 4.83. The van der Waals surface area contributed by atoms with E-state index in [1.165, 1.54) is 6.92 Å². The highest BCUT2D eigenvalue weighted by molar-refractivity contribution is 5.89. The third-order valence-electron chi connectivity index (χ3n) is 2.43. The summed E-state index contributed by atoms with van der Waals surface area (Å²) in [5.74, 6) is -1.47. The zero-order valence-corrected chi connectivity index (χ0v) is 8.83. The van der Waals surface area contributed by atoms with Crippen LogP contribution in [0.4, 0.5) is 0 Å². The molecule has 0 aliphatic carbocycles. The molecule has 14 heavy (non-hydrogen) atoms. The van der Waals surface area contributed by atoms with Crippen molar-refractivity contribution in [3.8, 4) is 0 Å². The number of hydrogen-bond acceptors (Lipinski definition) is 3. The smallest absolute Gasteiger partial charge is 0.325 e. The number of nitrogens with one attached hydrogen (secondary N) is 1. The third-order valence-corrected chi connectivity index (χ3v) is 2.43. The Morgan fingerprint density at radius 3 is 2.14 bits per heavy atom. The number of carbonyl (C=O) groups is 2. The molecule has 0 aromatic rings. The first-order chi connectivity index (χ1) is 6.37.